The minimum atomic E-state index is -0.678. The maximum absolute atomic E-state index is 11.9. The van der Waals surface area contributed by atoms with Gasteiger partial charge in [-0.15, -0.1) is 0 Å². The Morgan fingerprint density at radius 2 is 2.06 bits per heavy atom. The molecule has 5 nitrogen and oxygen atoms in total. The molecule has 0 aliphatic carbocycles. The molecule has 16 heavy (non-hydrogen) atoms. The Morgan fingerprint density at radius 1 is 1.50 bits per heavy atom. The highest BCUT2D eigenvalue weighted by Gasteiger charge is 2.44. The normalized spacial score (nSPS) is 25.6. The molecule has 0 aromatic carbocycles. The van der Waals surface area contributed by atoms with E-state index in [9.17, 15) is 4.79 Å². The Labute approximate surface area is 96.4 Å². The number of nitrogens with one attached hydrogen (secondary N) is 1. The van der Waals surface area contributed by atoms with Gasteiger partial charge in [0, 0.05) is 6.54 Å². The Bertz CT molecular complexity index is 309. The van der Waals surface area contributed by atoms with Crippen molar-refractivity contribution in [2.45, 2.75) is 51.7 Å². The third kappa shape index (κ3) is 2.46. The molecule has 1 fully saturated rings. The molecule has 0 spiro atoms. The first-order valence-electron chi connectivity index (χ1n) is 5.52. The van der Waals surface area contributed by atoms with Gasteiger partial charge in [0.25, 0.3) is 0 Å². The van der Waals surface area contributed by atoms with Crippen LogP contribution < -0.4 is 5.73 Å². The highest BCUT2D eigenvalue weighted by atomic mass is 16.6. The lowest BCUT2D eigenvalue weighted by atomic mass is 9.98. The molecule has 92 valence electrons. The summed E-state index contributed by atoms with van der Waals surface area (Å²) < 4.78 is 5.30. The van der Waals surface area contributed by atoms with Crippen LogP contribution in [-0.2, 0) is 4.74 Å². The summed E-state index contributed by atoms with van der Waals surface area (Å²) in [6.07, 6.45) is 1.19. The number of amidine groups is 1. The zero-order chi connectivity index (χ0) is 12.6. The summed E-state index contributed by atoms with van der Waals surface area (Å²) in [6.45, 7) is 7.89. The van der Waals surface area contributed by atoms with Crippen LogP contribution in [0.2, 0.25) is 0 Å². The molecule has 1 amide bonds. The molecule has 3 N–H and O–H groups in total. The van der Waals surface area contributed by atoms with Crippen LogP contribution in [0, 0.1) is 5.41 Å². The van der Waals surface area contributed by atoms with Gasteiger partial charge in [-0.05, 0) is 40.5 Å². The minimum absolute atomic E-state index is 0.0239. The molecule has 1 aliphatic heterocycles. The summed E-state index contributed by atoms with van der Waals surface area (Å²) in [7, 11) is 0. The predicted octanol–water partition coefficient (Wildman–Crippen LogP) is 1.71. The quantitative estimate of drug-likeness (QED) is 0.528. The Kier molecular flexibility index (Phi) is 3.17. The van der Waals surface area contributed by atoms with Crippen LogP contribution in [0.25, 0.3) is 0 Å². The van der Waals surface area contributed by atoms with Gasteiger partial charge in [-0.2, -0.15) is 0 Å². The zero-order valence-corrected chi connectivity index (χ0v) is 10.5. The van der Waals surface area contributed by atoms with Crippen molar-refractivity contribution in [3.05, 3.63) is 0 Å². The fraction of sp³-hybridized carbons (Fsp3) is 0.818. The smallest absolute Gasteiger partial charge is 0.411 e. The van der Waals surface area contributed by atoms with E-state index in [2.05, 4.69) is 0 Å². The van der Waals surface area contributed by atoms with Gasteiger partial charge < -0.3 is 10.5 Å². The van der Waals surface area contributed by atoms with Crippen LogP contribution in [-0.4, -0.2) is 34.5 Å². The maximum Gasteiger partial charge on any atom is 0.411 e. The van der Waals surface area contributed by atoms with E-state index in [0.29, 0.717) is 6.54 Å². The predicted molar refractivity (Wildman–Crippen MR) is 62.5 cm³/mol. The average molecular weight is 227 g/mol. The van der Waals surface area contributed by atoms with E-state index in [1.165, 1.54) is 0 Å². The van der Waals surface area contributed by atoms with Gasteiger partial charge in [0.2, 0.25) is 0 Å². The summed E-state index contributed by atoms with van der Waals surface area (Å²) >= 11 is 0. The van der Waals surface area contributed by atoms with E-state index in [1.54, 1.807) is 4.90 Å². The first kappa shape index (κ1) is 12.8. The van der Waals surface area contributed by atoms with Crippen LogP contribution in [0.3, 0.4) is 0 Å². The molecule has 0 unspecified atom stereocenters. The van der Waals surface area contributed by atoms with E-state index in [1.807, 2.05) is 27.7 Å². The molecule has 0 aromatic rings. The Morgan fingerprint density at radius 3 is 2.50 bits per heavy atom. The lowest BCUT2D eigenvalue weighted by Crippen LogP contribution is -2.54. The number of rotatable bonds is 1. The van der Waals surface area contributed by atoms with E-state index in [-0.39, 0.29) is 11.9 Å². The summed E-state index contributed by atoms with van der Waals surface area (Å²) in [4.78, 5) is 13.5. The fourth-order valence-corrected chi connectivity index (χ4v) is 1.85. The maximum atomic E-state index is 11.9. The molecule has 1 aliphatic rings. The molecular weight excluding hydrogens is 206 g/mol. The van der Waals surface area contributed by atoms with Gasteiger partial charge in [-0.3, -0.25) is 10.3 Å². The van der Waals surface area contributed by atoms with Crippen molar-refractivity contribution in [1.29, 1.82) is 5.41 Å². The number of carbonyl (C=O) groups excluding carboxylic acids is 1. The largest absolute Gasteiger partial charge is 0.444 e. The van der Waals surface area contributed by atoms with E-state index in [0.717, 1.165) is 12.8 Å². The second kappa shape index (κ2) is 3.96. The molecule has 0 saturated carbocycles. The first-order chi connectivity index (χ1) is 7.17. The number of ether oxygens (including phenoxy) is 1. The number of hydrogen-bond acceptors (Lipinski definition) is 3. The number of nitrogens with two attached hydrogens (primary N) is 1. The standard InChI is InChI=1S/C11H21N3O2/c1-10(2,3)16-9(15)14-7-5-6-11(14,4)8(12)13/h5-7H2,1-4H3,(H3,12,13)/t11-/m0/s1. The molecule has 1 heterocycles. The van der Waals surface area contributed by atoms with Crippen molar-refractivity contribution in [2.75, 3.05) is 6.54 Å². The molecule has 0 radical (unpaired) electrons. The summed E-state index contributed by atoms with van der Waals surface area (Å²) in [5.41, 5.74) is 4.36. The summed E-state index contributed by atoms with van der Waals surface area (Å²) in [6, 6.07) is 0. The molecule has 1 atom stereocenters. The Balaban J connectivity index is 2.80. The third-order valence-corrected chi connectivity index (χ3v) is 2.84. The Hall–Kier alpha value is -1.26. The molecular formula is C11H21N3O2. The number of amides is 1. The van der Waals surface area contributed by atoms with Gasteiger partial charge in [0.1, 0.15) is 17.0 Å². The van der Waals surface area contributed by atoms with Gasteiger partial charge >= 0.3 is 6.09 Å². The lowest BCUT2D eigenvalue weighted by Gasteiger charge is -2.35. The van der Waals surface area contributed by atoms with Crippen molar-refractivity contribution >= 4 is 11.9 Å². The highest BCUT2D eigenvalue weighted by Crippen LogP contribution is 2.30. The van der Waals surface area contributed by atoms with Gasteiger partial charge in [0.15, 0.2) is 0 Å². The molecule has 5 heteroatoms. The zero-order valence-electron chi connectivity index (χ0n) is 10.5. The van der Waals surface area contributed by atoms with Crippen molar-refractivity contribution in [2.24, 2.45) is 5.73 Å². The van der Waals surface area contributed by atoms with Crippen LogP contribution in [0.4, 0.5) is 4.79 Å². The van der Waals surface area contributed by atoms with Gasteiger partial charge in [-0.1, -0.05) is 0 Å². The third-order valence-electron chi connectivity index (χ3n) is 2.84. The summed E-state index contributed by atoms with van der Waals surface area (Å²) in [5.74, 6) is 0.0239. The van der Waals surface area contributed by atoms with Crippen molar-refractivity contribution < 1.29 is 9.53 Å². The first-order valence-corrected chi connectivity index (χ1v) is 5.52. The highest BCUT2D eigenvalue weighted by molar-refractivity contribution is 5.90. The van der Waals surface area contributed by atoms with Crippen molar-refractivity contribution in [3.8, 4) is 0 Å². The van der Waals surface area contributed by atoms with Crippen LogP contribution in [0.1, 0.15) is 40.5 Å². The van der Waals surface area contributed by atoms with Crippen molar-refractivity contribution in [1.82, 2.24) is 4.90 Å². The monoisotopic (exact) mass is 227 g/mol. The number of carbonyl (C=O) groups is 1. The van der Waals surface area contributed by atoms with Crippen LogP contribution in [0.15, 0.2) is 0 Å². The number of nitrogens with zero attached hydrogens (tertiary/aromatic N) is 1. The average Bonchev–Trinajstić information content (AvgIpc) is 2.45. The molecule has 0 aromatic heterocycles. The van der Waals surface area contributed by atoms with E-state index < -0.39 is 11.1 Å². The van der Waals surface area contributed by atoms with Crippen LogP contribution in [0.5, 0.6) is 0 Å². The second-order valence-electron chi connectivity index (χ2n) is 5.42. The number of hydrogen-bond donors (Lipinski definition) is 2. The SMILES string of the molecule is CC(C)(C)OC(=O)N1CCC[C@@]1(C)C(=N)N. The lowest BCUT2D eigenvalue weighted by molar-refractivity contribution is 0.0187. The second-order valence-corrected chi connectivity index (χ2v) is 5.42. The molecule has 1 rings (SSSR count). The topological polar surface area (TPSA) is 79.4 Å². The van der Waals surface area contributed by atoms with E-state index >= 15 is 0 Å². The van der Waals surface area contributed by atoms with Gasteiger partial charge in [-0.25, -0.2) is 4.79 Å². The van der Waals surface area contributed by atoms with Gasteiger partial charge in [0.05, 0.1) is 0 Å². The number of likely N-dealkylation sites (tertiary alicyclic amines) is 1. The minimum Gasteiger partial charge on any atom is -0.444 e. The van der Waals surface area contributed by atoms with E-state index in [4.69, 9.17) is 15.9 Å². The van der Waals surface area contributed by atoms with Crippen LogP contribution >= 0.6 is 0 Å². The van der Waals surface area contributed by atoms with Crippen molar-refractivity contribution in [3.63, 3.8) is 0 Å². The fourth-order valence-electron chi connectivity index (χ4n) is 1.85. The molecule has 0 bridgehead atoms. The summed E-state index contributed by atoms with van der Waals surface area (Å²) in [5, 5.41) is 7.57. The molecule has 1 saturated heterocycles.